The molecule has 1 heterocycles. The average Bonchev–Trinajstić information content (AvgIpc) is 2.77. The van der Waals surface area contributed by atoms with Gasteiger partial charge < -0.3 is 4.90 Å². The van der Waals surface area contributed by atoms with Crippen molar-refractivity contribution in [3.05, 3.63) is 46.2 Å². The third-order valence-electron chi connectivity index (χ3n) is 3.12. The van der Waals surface area contributed by atoms with Crippen LogP contribution in [0.2, 0.25) is 0 Å². The molecule has 1 aromatic carbocycles. The fraction of sp³-hybridized carbons (Fsp3) is 0.429. The van der Waals surface area contributed by atoms with Crippen molar-refractivity contribution in [1.82, 2.24) is 0 Å². The van der Waals surface area contributed by atoms with E-state index >= 15 is 0 Å². The van der Waals surface area contributed by atoms with E-state index in [1.54, 1.807) is 12.1 Å². The topological polar surface area (TPSA) is 46.4 Å². The molecule has 0 aromatic heterocycles. The number of hydrogen-bond acceptors (Lipinski definition) is 3. The molecule has 4 nitrogen and oxygen atoms in total. The Morgan fingerprint density at radius 3 is 2.56 bits per heavy atom. The Morgan fingerprint density at radius 1 is 1.28 bits per heavy atom. The van der Waals surface area contributed by atoms with Gasteiger partial charge in [0.25, 0.3) is 5.69 Å². The Balaban J connectivity index is 2.44. The highest BCUT2D eigenvalue weighted by Gasteiger charge is 2.30. The summed E-state index contributed by atoms with van der Waals surface area (Å²) in [7, 11) is 0. The summed E-state index contributed by atoms with van der Waals surface area (Å²) in [6.07, 6.45) is 3.12. The fourth-order valence-electron chi connectivity index (χ4n) is 2.37. The zero-order chi connectivity index (χ0) is 13.3. The van der Waals surface area contributed by atoms with Gasteiger partial charge in [-0.15, -0.1) is 0 Å². The summed E-state index contributed by atoms with van der Waals surface area (Å²) in [6.45, 7) is 7.21. The third-order valence-corrected chi connectivity index (χ3v) is 3.12. The van der Waals surface area contributed by atoms with Gasteiger partial charge in [-0.25, -0.2) is 0 Å². The van der Waals surface area contributed by atoms with Crippen molar-refractivity contribution >= 4 is 11.4 Å². The largest absolute Gasteiger partial charge is 0.339 e. The molecule has 18 heavy (non-hydrogen) atoms. The second-order valence-corrected chi connectivity index (χ2v) is 5.53. The molecular formula is C14H18N2O2. The molecular weight excluding hydrogens is 228 g/mol. The van der Waals surface area contributed by atoms with Crippen LogP contribution in [0.25, 0.3) is 0 Å². The van der Waals surface area contributed by atoms with Crippen LogP contribution in [0.3, 0.4) is 0 Å². The molecule has 0 amide bonds. The van der Waals surface area contributed by atoms with Crippen LogP contribution in [0.1, 0.15) is 27.2 Å². The molecule has 0 bridgehead atoms. The number of rotatable bonds is 2. The predicted octanol–water partition coefficient (Wildman–Crippen LogP) is 3.73. The summed E-state index contributed by atoms with van der Waals surface area (Å²) in [5.74, 6) is 0. The number of para-hydroxylation sites is 2. The number of nitro groups is 1. The summed E-state index contributed by atoms with van der Waals surface area (Å²) >= 11 is 0. The van der Waals surface area contributed by atoms with Crippen LogP contribution in [-0.2, 0) is 0 Å². The summed E-state index contributed by atoms with van der Waals surface area (Å²) in [5.41, 5.74) is 2.03. The second kappa shape index (κ2) is 4.44. The van der Waals surface area contributed by atoms with Crippen molar-refractivity contribution in [2.75, 3.05) is 11.4 Å². The van der Waals surface area contributed by atoms with Gasteiger partial charge in [0.05, 0.1) is 4.92 Å². The number of hydrogen-bond donors (Lipinski definition) is 0. The number of nitro benzene ring substituents is 1. The lowest BCUT2D eigenvalue weighted by Crippen LogP contribution is -2.27. The highest BCUT2D eigenvalue weighted by atomic mass is 16.6. The van der Waals surface area contributed by atoms with Gasteiger partial charge in [-0.1, -0.05) is 39.0 Å². The predicted molar refractivity (Wildman–Crippen MR) is 72.6 cm³/mol. The Bertz CT molecular complexity index is 501. The molecule has 0 fully saturated rings. The van der Waals surface area contributed by atoms with Gasteiger partial charge in [0.1, 0.15) is 5.69 Å². The lowest BCUT2D eigenvalue weighted by molar-refractivity contribution is -0.384. The van der Waals surface area contributed by atoms with Gasteiger partial charge in [-0.3, -0.25) is 10.1 Å². The van der Waals surface area contributed by atoms with Crippen molar-refractivity contribution in [3.63, 3.8) is 0 Å². The monoisotopic (exact) mass is 246 g/mol. The van der Waals surface area contributed by atoms with E-state index in [0.29, 0.717) is 5.69 Å². The molecule has 0 radical (unpaired) electrons. The van der Waals surface area contributed by atoms with Gasteiger partial charge in [-0.05, 0) is 12.5 Å². The summed E-state index contributed by atoms with van der Waals surface area (Å²) in [5, 5.41) is 11.1. The minimum atomic E-state index is -0.312. The molecule has 0 atom stereocenters. The van der Waals surface area contributed by atoms with Crippen molar-refractivity contribution in [2.45, 2.75) is 27.2 Å². The maximum Gasteiger partial charge on any atom is 0.292 e. The second-order valence-electron chi connectivity index (χ2n) is 5.53. The van der Waals surface area contributed by atoms with Crippen LogP contribution in [0.15, 0.2) is 36.0 Å². The van der Waals surface area contributed by atoms with Crippen LogP contribution < -0.4 is 4.90 Å². The van der Waals surface area contributed by atoms with E-state index in [-0.39, 0.29) is 16.0 Å². The van der Waals surface area contributed by atoms with Crippen LogP contribution >= 0.6 is 0 Å². The first-order valence-corrected chi connectivity index (χ1v) is 6.13. The van der Waals surface area contributed by atoms with Crippen molar-refractivity contribution in [3.8, 4) is 0 Å². The maximum atomic E-state index is 11.1. The minimum absolute atomic E-state index is 0.000208. The van der Waals surface area contributed by atoms with Crippen LogP contribution in [0.5, 0.6) is 0 Å². The molecule has 1 aromatic rings. The van der Waals surface area contributed by atoms with E-state index in [1.165, 1.54) is 0 Å². The number of allylic oxidation sites excluding steroid dienone is 1. The van der Waals surface area contributed by atoms with Crippen molar-refractivity contribution in [2.24, 2.45) is 5.41 Å². The maximum absolute atomic E-state index is 11.1. The van der Waals surface area contributed by atoms with E-state index in [4.69, 9.17) is 0 Å². The average molecular weight is 246 g/mol. The molecule has 0 N–H and O–H groups in total. The number of anilines is 1. The zero-order valence-corrected chi connectivity index (χ0v) is 11.0. The minimum Gasteiger partial charge on any atom is -0.339 e. The van der Waals surface area contributed by atoms with Crippen molar-refractivity contribution in [1.29, 1.82) is 0 Å². The summed E-state index contributed by atoms with van der Waals surface area (Å²) in [6, 6.07) is 6.94. The molecule has 4 heteroatoms. The van der Waals surface area contributed by atoms with Gasteiger partial charge in [0.2, 0.25) is 0 Å². The molecule has 2 rings (SSSR count). The molecule has 96 valence electrons. The Hall–Kier alpha value is -1.84. The van der Waals surface area contributed by atoms with E-state index in [9.17, 15) is 10.1 Å². The van der Waals surface area contributed by atoms with Crippen LogP contribution in [-0.4, -0.2) is 11.5 Å². The first-order chi connectivity index (χ1) is 8.41. The van der Waals surface area contributed by atoms with Gasteiger partial charge >= 0.3 is 0 Å². The summed E-state index contributed by atoms with van der Waals surface area (Å²) < 4.78 is 0. The molecule has 1 aliphatic rings. The quantitative estimate of drug-likeness (QED) is 0.590. The normalized spacial score (nSPS) is 15.7. The standard InChI is InChI=1S/C14H18N2O2/c1-14(2,3)13-9-6-10-15(13)11-7-4-5-8-12(11)16(17)18/h4-5,7-9H,6,10H2,1-3H3. The molecule has 1 aliphatic heterocycles. The van der Waals surface area contributed by atoms with E-state index < -0.39 is 0 Å². The molecule has 0 saturated heterocycles. The number of benzene rings is 1. The highest BCUT2D eigenvalue weighted by molar-refractivity contribution is 5.67. The summed E-state index contributed by atoms with van der Waals surface area (Å²) in [4.78, 5) is 12.9. The first-order valence-electron chi connectivity index (χ1n) is 6.13. The Labute approximate surface area is 107 Å². The molecule has 0 spiro atoms. The molecule has 0 saturated carbocycles. The number of nitrogens with zero attached hydrogens (tertiary/aromatic N) is 2. The first kappa shape index (κ1) is 12.6. The van der Waals surface area contributed by atoms with Crippen molar-refractivity contribution < 1.29 is 4.92 Å². The van der Waals surface area contributed by atoms with Crippen LogP contribution in [0, 0.1) is 15.5 Å². The van der Waals surface area contributed by atoms with E-state index in [0.717, 1.165) is 18.7 Å². The van der Waals surface area contributed by atoms with E-state index in [2.05, 4.69) is 31.7 Å². The smallest absolute Gasteiger partial charge is 0.292 e. The third kappa shape index (κ3) is 2.23. The van der Waals surface area contributed by atoms with Crippen LogP contribution in [0.4, 0.5) is 11.4 Å². The highest BCUT2D eigenvalue weighted by Crippen LogP contribution is 2.39. The Kier molecular flexibility index (Phi) is 3.11. The van der Waals surface area contributed by atoms with Gasteiger partial charge in [-0.2, -0.15) is 0 Å². The van der Waals surface area contributed by atoms with E-state index in [1.807, 2.05) is 12.1 Å². The Morgan fingerprint density at radius 2 is 1.94 bits per heavy atom. The van der Waals surface area contributed by atoms with Gasteiger partial charge in [0, 0.05) is 23.7 Å². The SMILES string of the molecule is CC(C)(C)C1=CCCN1c1ccccc1[N+](=O)[O-]. The lowest BCUT2D eigenvalue weighted by atomic mass is 9.91. The van der Waals surface area contributed by atoms with Gasteiger partial charge in [0.15, 0.2) is 0 Å². The lowest BCUT2D eigenvalue weighted by Gasteiger charge is -2.31. The zero-order valence-electron chi connectivity index (χ0n) is 11.0. The fourth-order valence-corrected chi connectivity index (χ4v) is 2.37. The molecule has 0 aliphatic carbocycles. The molecule has 0 unspecified atom stereocenters.